The molecule has 5 nitrogen and oxygen atoms in total. The van der Waals surface area contributed by atoms with Crippen molar-refractivity contribution in [3.63, 3.8) is 0 Å². The van der Waals surface area contributed by atoms with E-state index in [0.29, 0.717) is 24.3 Å². The summed E-state index contributed by atoms with van der Waals surface area (Å²) < 4.78 is 11.4. The molecule has 1 N–H and O–H groups in total. The molecule has 0 unspecified atom stereocenters. The van der Waals surface area contributed by atoms with Crippen LogP contribution in [0.25, 0.3) is 0 Å². The number of carboxylic acids is 1. The van der Waals surface area contributed by atoms with Crippen LogP contribution in [0.1, 0.15) is 44.1 Å². The van der Waals surface area contributed by atoms with E-state index in [-0.39, 0.29) is 6.10 Å². The number of ether oxygens (including phenoxy) is 2. The highest BCUT2D eigenvalue weighted by atomic mass is 16.5. The zero-order valence-corrected chi connectivity index (χ0v) is 13.2. The molecule has 0 spiro atoms. The van der Waals surface area contributed by atoms with Crippen LogP contribution in [0.5, 0.6) is 11.5 Å². The van der Waals surface area contributed by atoms with Crippen LogP contribution in [0.2, 0.25) is 0 Å². The summed E-state index contributed by atoms with van der Waals surface area (Å²) in [4.78, 5) is 11.1. The summed E-state index contributed by atoms with van der Waals surface area (Å²) in [5.74, 6) is 0.0518. The number of hydrogen-bond acceptors (Lipinski definition) is 4. The lowest BCUT2D eigenvalue weighted by atomic mass is 9.59. The maximum atomic E-state index is 11.1. The SMILES string of the molecule is COc1ccc([C@]2(C#N)C[C@@H](C(=O)O)C2)cc1OC1CCCC1. The van der Waals surface area contributed by atoms with Crippen molar-refractivity contribution in [1.82, 2.24) is 0 Å². The Balaban J connectivity index is 1.85. The Kier molecular flexibility index (Phi) is 4.16. The van der Waals surface area contributed by atoms with Crippen molar-refractivity contribution in [3.05, 3.63) is 23.8 Å². The largest absolute Gasteiger partial charge is 0.493 e. The molecule has 1 aromatic carbocycles. The number of carboxylic acid groups (broad SMARTS) is 1. The third kappa shape index (κ3) is 2.86. The lowest BCUT2D eigenvalue weighted by Crippen LogP contribution is -2.43. The second-order valence-corrected chi connectivity index (χ2v) is 6.53. The topological polar surface area (TPSA) is 79.5 Å². The predicted molar refractivity (Wildman–Crippen MR) is 83.5 cm³/mol. The lowest BCUT2D eigenvalue weighted by Gasteiger charge is -2.40. The zero-order valence-electron chi connectivity index (χ0n) is 13.2. The molecule has 122 valence electrons. The highest BCUT2D eigenvalue weighted by molar-refractivity contribution is 5.73. The Morgan fingerprint density at radius 2 is 2.00 bits per heavy atom. The van der Waals surface area contributed by atoms with Gasteiger partial charge in [-0.2, -0.15) is 5.26 Å². The van der Waals surface area contributed by atoms with Crippen molar-refractivity contribution in [2.45, 2.75) is 50.0 Å². The fraction of sp³-hybridized carbons (Fsp3) is 0.556. The maximum absolute atomic E-state index is 11.1. The van der Waals surface area contributed by atoms with Crippen molar-refractivity contribution in [2.75, 3.05) is 7.11 Å². The van der Waals surface area contributed by atoms with E-state index in [4.69, 9.17) is 14.6 Å². The van der Waals surface area contributed by atoms with Crippen LogP contribution in [0.15, 0.2) is 18.2 Å². The van der Waals surface area contributed by atoms with Crippen molar-refractivity contribution in [1.29, 1.82) is 5.26 Å². The highest BCUT2D eigenvalue weighted by Gasteiger charge is 2.49. The van der Waals surface area contributed by atoms with Crippen LogP contribution in [0.4, 0.5) is 0 Å². The van der Waals surface area contributed by atoms with Gasteiger partial charge in [0.25, 0.3) is 0 Å². The van der Waals surface area contributed by atoms with E-state index in [1.807, 2.05) is 18.2 Å². The Bertz CT molecular complexity index is 637. The van der Waals surface area contributed by atoms with Crippen LogP contribution in [0.3, 0.4) is 0 Å². The Hall–Kier alpha value is -2.22. The molecule has 3 rings (SSSR count). The number of rotatable bonds is 5. The summed E-state index contributed by atoms with van der Waals surface area (Å²) in [5, 5.41) is 18.7. The molecule has 0 heterocycles. The van der Waals surface area contributed by atoms with E-state index < -0.39 is 17.3 Å². The quantitative estimate of drug-likeness (QED) is 0.902. The first-order valence-corrected chi connectivity index (χ1v) is 8.07. The molecule has 0 atom stereocenters. The van der Waals surface area contributed by atoms with Gasteiger partial charge < -0.3 is 14.6 Å². The van der Waals surface area contributed by atoms with Gasteiger partial charge in [-0.15, -0.1) is 0 Å². The number of carbonyl (C=O) groups is 1. The molecule has 0 aromatic heterocycles. The minimum atomic E-state index is -0.827. The summed E-state index contributed by atoms with van der Waals surface area (Å²) in [5.41, 5.74) is 0.106. The van der Waals surface area contributed by atoms with Crippen LogP contribution in [-0.4, -0.2) is 24.3 Å². The van der Waals surface area contributed by atoms with Crippen molar-refractivity contribution in [3.8, 4) is 17.6 Å². The minimum absolute atomic E-state index is 0.199. The monoisotopic (exact) mass is 315 g/mol. The average Bonchev–Trinajstić information content (AvgIpc) is 3.00. The van der Waals surface area contributed by atoms with Crippen LogP contribution in [0, 0.1) is 17.2 Å². The minimum Gasteiger partial charge on any atom is -0.493 e. The van der Waals surface area contributed by atoms with Gasteiger partial charge in [0.2, 0.25) is 0 Å². The Morgan fingerprint density at radius 3 is 2.57 bits per heavy atom. The number of methoxy groups -OCH3 is 1. The highest BCUT2D eigenvalue weighted by Crippen LogP contribution is 2.49. The summed E-state index contributed by atoms with van der Waals surface area (Å²) in [6.07, 6.45) is 5.34. The molecule has 0 saturated heterocycles. The standard InChI is InChI=1S/C18H21NO4/c1-22-15-7-6-13(8-16(15)23-14-4-2-3-5-14)18(11-19)9-12(10-18)17(20)21/h6-8,12,14H,2-5,9-10H2,1H3,(H,20,21)/t12-,18-. The average molecular weight is 315 g/mol. The zero-order chi connectivity index (χ0) is 16.4. The van der Waals surface area contributed by atoms with Gasteiger partial charge in [0, 0.05) is 0 Å². The van der Waals surface area contributed by atoms with E-state index in [0.717, 1.165) is 18.4 Å². The summed E-state index contributed by atoms with van der Waals surface area (Å²) in [6, 6.07) is 7.84. The smallest absolute Gasteiger partial charge is 0.306 e. The molecule has 2 fully saturated rings. The van der Waals surface area contributed by atoms with Crippen LogP contribution >= 0.6 is 0 Å². The normalized spacial score (nSPS) is 27.0. The van der Waals surface area contributed by atoms with Gasteiger partial charge in [0.1, 0.15) is 0 Å². The van der Waals surface area contributed by atoms with Gasteiger partial charge in [-0.05, 0) is 56.2 Å². The molecule has 2 aliphatic rings. The molecule has 2 aliphatic carbocycles. The summed E-state index contributed by atoms with van der Waals surface area (Å²) >= 11 is 0. The van der Waals surface area contributed by atoms with E-state index in [2.05, 4.69) is 6.07 Å². The molecule has 0 aliphatic heterocycles. The molecular formula is C18H21NO4. The number of nitrogens with zero attached hydrogens (tertiary/aromatic N) is 1. The van der Waals surface area contributed by atoms with E-state index in [1.54, 1.807) is 7.11 Å². The van der Waals surface area contributed by atoms with E-state index in [9.17, 15) is 10.1 Å². The van der Waals surface area contributed by atoms with Crippen molar-refractivity contribution >= 4 is 5.97 Å². The van der Waals surface area contributed by atoms with Crippen LogP contribution < -0.4 is 9.47 Å². The number of aliphatic carboxylic acids is 1. The lowest BCUT2D eigenvalue weighted by molar-refractivity contribution is -0.146. The first-order valence-electron chi connectivity index (χ1n) is 8.07. The predicted octanol–water partition coefficient (Wildman–Crippen LogP) is 3.27. The third-order valence-electron chi connectivity index (χ3n) is 5.07. The molecule has 5 heteroatoms. The number of hydrogen-bond donors (Lipinski definition) is 1. The molecular weight excluding hydrogens is 294 g/mol. The second-order valence-electron chi connectivity index (χ2n) is 6.53. The van der Waals surface area contributed by atoms with Gasteiger partial charge in [-0.3, -0.25) is 4.79 Å². The molecule has 0 amide bonds. The molecule has 2 saturated carbocycles. The first-order chi connectivity index (χ1) is 11.1. The third-order valence-corrected chi connectivity index (χ3v) is 5.07. The Labute approximate surface area is 135 Å². The maximum Gasteiger partial charge on any atom is 0.306 e. The van der Waals surface area contributed by atoms with Gasteiger partial charge in [-0.1, -0.05) is 6.07 Å². The fourth-order valence-corrected chi connectivity index (χ4v) is 3.60. The summed E-state index contributed by atoms with van der Waals surface area (Å²) in [7, 11) is 1.60. The van der Waals surface area contributed by atoms with Gasteiger partial charge in [0.05, 0.1) is 30.6 Å². The molecule has 0 bridgehead atoms. The second kappa shape index (κ2) is 6.11. The fourth-order valence-electron chi connectivity index (χ4n) is 3.60. The van der Waals surface area contributed by atoms with Crippen molar-refractivity contribution < 1.29 is 19.4 Å². The van der Waals surface area contributed by atoms with Gasteiger partial charge >= 0.3 is 5.97 Å². The van der Waals surface area contributed by atoms with Gasteiger partial charge in [0.15, 0.2) is 11.5 Å². The molecule has 0 radical (unpaired) electrons. The molecule has 23 heavy (non-hydrogen) atoms. The Morgan fingerprint density at radius 1 is 1.30 bits per heavy atom. The summed E-state index contributed by atoms with van der Waals surface area (Å²) in [6.45, 7) is 0. The van der Waals surface area contributed by atoms with Crippen molar-refractivity contribution in [2.24, 2.45) is 5.92 Å². The number of benzene rings is 1. The number of nitriles is 1. The van der Waals surface area contributed by atoms with Gasteiger partial charge in [-0.25, -0.2) is 0 Å². The first kappa shape index (κ1) is 15.7. The van der Waals surface area contributed by atoms with Crippen LogP contribution in [-0.2, 0) is 10.2 Å². The van der Waals surface area contributed by atoms with E-state index in [1.165, 1.54) is 12.8 Å². The molecule has 1 aromatic rings. The van der Waals surface area contributed by atoms with E-state index >= 15 is 0 Å².